The highest BCUT2D eigenvalue weighted by molar-refractivity contribution is 6.31. The Bertz CT molecular complexity index is 465. The van der Waals surface area contributed by atoms with Crippen LogP contribution in [0.3, 0.4) is 0 Å². The topological polar surface area (TPSA) is 53.3 Å². The lowest BCUT2D eigenvalue weighted by atomic mass is 10.2. The third-order valence-electron chi connectivity index (χ3n) is 2.54. The zero-order valence-electron chi connectivity index (χ0n) is 10.4. The van der Waals surface area contributed by atoms with E-state index in [2.05, 4.69) is 0 Å². The zero-order chi connectivity index (χ0) is 13.5. The number of likely N-dealkylation sites (N-methyl/N-ethyl adjacent to an activating group) is 1. The number of hydrogen-bond donors (Lipinski definition) is 0. The van der Waals surface area contributed by atoms with Gasteiger partial charge in [0, 0.05) is 19.2 Å². The van der Waals surface area contributed by atoms with Gasteiger partial charge in [0.25, 0.3) is 5.91 Å². The van der Waals surface area contributed by atoms with Crippen LogP contribution in [-0.4, -0.2) is 30.5 Å². The van der Waals surface area contributed by atoms with Crippen molar-refractivity contribution in [1.82, 2.24) is 4.90 Å². The molecule has 1 aromatic rings. The van der Waals surface area contributed by atoms with Crippen molar-refractivity contribution in [2.24, 2.45) is 0 Å². The zero-order valence-corrected chi connectivity index (χ0v) is 11.2. The fourth-order valence-corrected chi connectivity index (χ4v) is 1.70. The van der Waals surface area contributed by atoms with E-state index in [1.165, 1.54) is 6.07 Å². The van der Waals surface area contributed by atoms with E-state index in [9.17, 15) is 4.79 Å². The van der Waals surface area contributed by atoms with Crippen molar-refractivity contribution >= 4 is 17.5 Å². The molecule has 0 unspecified atom stereocenters. The van der Waals surface area contributed by atoms with Gasteiger partial charge < -0.3 is 9.64 Å². The van der Waals surface area contributed by atoms with E-state index in [1.54, 1.807) is 17.0 Å². The van der Waals surface area contributed by atoms with Crippen LogP contribution in [0.1, 0.15) is 19.4 Å². The summed E-state index contributed by atoms with van der Waals surface area (Å²) in [5.74, 6) is 0.417. The number of nitrogens with zero attached hydrogens (tertiary/aromatic N) is 2. The molecule has 0 atom stereocenters. The molecule has 0 aliphatic heterocycles. The SMILES string of the molecule is CCN(CC)C(=O)COc1ccc(C#N)c(Cl)c1. The van der Waals surface area contributed by atoms with E-state index in [1.807, 2.05) is 19.9 Å². The number of amides is 1. The maximum Gasteiger partial charge on any atom is 0.260 e. The molecule has 18 heavy (non-hydrogen) atoms. The quantitative estimate of drug-likeness (QED) is 0.823. The Morgan fingerprint density at radius 3 is 2.61 bits per heavy atom. The minimum Gasteiger partial charge on any atom is -0.484 e. The summed E-state index contributed by atoms with van der Waals surface area (Å²) in [6.45, 7) is 5.13. The molecule has 0 saturated carbocycles. The summed E-state index contributed by atoms with van der Waals surface area (Å²) < 4.78 is 5.35. The van der Waals surface area contributed by atoms with Gasteiger partial charge in [-0.1, -0.05) is 11.6 Å². The molecule has 0 fully saturated rings. The Kier molecular flexibility index (Phi) is 5.47. The second-order valence-electron chi connectivity index (χ2n) is 3.61. The number of carbonyl (C=O) groups excluding carboxylic acids is 1. The van der Waals surface area contributed by atoms with E-state index in [0.29, 0.717) is 29.4 Å². The lowest BCUT2D eigenvalue weighted by molar-refractivity contribution is -0.132. The third-order valence-corrected chi connectivity index (χ3v) is 2.85. The first-order valence-electron chi connectivity index (χ1n) is 5.72. The molecule has 1 amide bonds. The average Bonchev–Trinajstić information content (AvgIpc) is 2.38. The summed E-state index contributed by atoms with van der Waals surface area (Å²) in [6, 6.07) is 6.69. The fourth-order valence-electron chi connectivity index (χ4n) is 1.49. The highest BCUT2D eigenvalue weighted by atomic mass is 35.5. The molecule has 0 aromatic heterocycles. The molecule has 96 valence electrons. The van der Waals surface area contributed by atoms with Crippen LogP contribution in [0.4, 0.5) is 0 Å². The first-order chi connectivity index (χ1) is 8.62. The summed E-state index contributed by atoms with van der Waals surface area (Å²) in [4.78, 5) is 13.4. The second kappa shape index (κ2) is 6.87. The van der Waals surface area contributed by atoms with Crippen LogP contribution < -0.4 is 4.74 Å². The predicted octanol–water partition coefficient (Wildman–Crippen LogP) is 2.46. The van der Waals surface area contributed by atoms with E-state index >= 15 is 0 Å². The van der Waals surface area contributed by atoms with E-state index in [0.717, 1.165) is 0 Å². The molecule has 0 saturated heterocycles. The van der Waals surface area contributed by atoms with Gasteiger partial charge in [0.15, 0.2) is 6.61 Å². The van der Waals surface area contributed by atoms with Gasteiger partial charge in [-0.25, -0.2) is 0 Å². The van der Waals surface area contributed by atoms with E-state index in [4.69, 9.17) is 21.6 Å². The van der Waals surface area contributed by atoms with E-state index in [-0.39, 0.29) is 12.5 Å². The Morgan fingerprint density at radius 1 is 1.44 bits per heavy atom. The molecule has 0 radical (unpaired) electrons. The smallest absolute Gasteiger partial charge is 0.260 e. The summed E-state index contributed by atoms with van der Waals surface area (Å²) in [5, 5.41) is 9.05. The Morgan fingerprint density at radius 2 is 2.11 bits per heavy atom. The van der Waals surface area contributed by atoms with Crippen molar-refractivity contribution in [3.05, 3.63) is 28.8 Å². The first-order valence-corrected chi connectivity index (χ1v) is 6.10. The van der Waals surface area contributed by atoms with Crippen LogP contribution >= 0.6 is 11.6 Å². The van der Waals surface area contributed by atoms with Crippen molar-refractivity contribution in [3.8, 4) is 11.8 Å². The molecule has 0 spiro atoms. The van der Waals surface area contributed by atoms with Crippen LogP contribution in [0.15, 0.2) is 18.2 Å². The van der Waals surface area contributed by atoms with Crippen LogP contribution in [0, 0.1) is 11.3 Å². The molecule has 0 heterocycles. The molecule has 0 N–H and O–H groups in total. The molecule has 0 aliphatic carbocycles. The van der Waals surface area contributed by atoms with Gasteiger partial charge in [-0.05, 0) is 26.0 Å². The molecular formula is C13H15ClN2O2. The van der Waals surface area contributed by atoms with Crippen LogP contribution in [0.2, 0.25) is 5.02 Å². The van der Waals surface area contributed by atoms with Crippen molar-refractivity contribution in [1.29, 1.82) is 5.26 Å². The van der Waals surface area contributed by atoms with Gasteiger partial charge in [-0.2, -0.15) is 5.26 Å². The maximum atomic E-state index is 11.7. The van der Waals surface area contributed by atoms with Crippen molar-refractivity contribution < 1.29 is 9.53 Å². The summed E-state index contributed by atoms with van der Waals surface area (Å²) in [6.07, 6.45) is 0. The number of hydrogen-bond acceptors (Lipinski definition) is 3. The number of nitriles is 1. The molecule has 1 aromatic carbocycles. The van der Waals surface area contributed by atoms with Gasteiger partial charge >= 0.3 is 0 Å². The number of ether oxygens (including phenoxy) is 1. The van der Waals surface area contributed by atoms with Crippen LogP contribution in [0.25, 0.3) is 0 Å². The largest absolute Gasteiger partial charge is 0.484 e. The predicted molar refractivity (Wildman–Crippen MR) is 69.6 cm³/mol. The van der Waals surface area contributed by atoms with Crippen molar-refractivity contribution in [2.75, 3.05) is 19.7 Å². The van der Waals surface area contributed by atoms with Gasteiger partial charge in [0.1, 0.15) is 11.8 Å². The van der Waals surface area contributed by atoms with Crippen molar-refractivity contribution in [3.63, 3.8) is 0 Å². The lowest BCUT2D eigenvalue weighted by Crippen LogP contribution is -2.34. The summed E-state index contributed by atoms with van der Waals surface area (Å²) in [5.41, 5.74) is 0.388. The standard InChI is InChI=1S/C13H15ClN2O2/c1-3-16(4-2)13(17)9-18-11-6-5-10(8-15)12(14)7-11/h5-7H,3-4,9H2,1-2H3. The molecule has 0 aliphatic rings. The number of benzene rings is 1. The number of rotatable bonds is 5. The van der Waals surface area contributed by atoms with Crippen molar-refractivity contribution in [2.45, 2.75) is 13.8 Å². The monoisotopic (exact) mass is 266 g/mol. The Labute approximate surface area is 112 Å². The van der Waals surface area contributed by atoms with Gasteiger partial charge in [0.05, 0.1) is 10.6 Å². The minimum atomic E-state index is -0.0690. The first kappa shape index (κ1) is 14.3. The Hall–Kier alpha value is -1.73. The molecule has 4 nitrogen and oxygen atoms in total. The average molecular weight is 267 g/mol. The Balaban J connectivity index is 2.62. The van der Waals surface area contributed by atoms with Gasteiger partial charge in [-0.15, -0.1) is 0 Å². The number of halogens is 1. The van der Waals surface area contributed by atoms with E-state index < -0.39 is 0 Å². The van der Waals surface area contributed by atoms with Gasteiger partial charge in [-0.3, -0.25) is 4.79 Å². The highest BCUT2D eigenvalue weighted by Gasteiger charge is 2.10. The van der Waals surface area contributed by atoms with Gasteiger partial charge in [0.2, 0.25) is 0 Å². The molecular weight excluding hydrogens is 252 g/mol. The maximum absolute atomic E-state index is 11.7. The number of carbonyl (C=O) groups is 1. The highest BCUT2D eigenvalue weighted by Crippen LogP contribution is 2.21. The fraction of sp³-hybridized carbons (Fsp3) is 0.385. The normalized spacial score (nSPS) is 9.67. The molecule has 1 rings (SSSR count). The summed E-state index contributed by atoms with van der Waals surface area (Å²) >= 11 is 5.86. The van der Waals surface area contributed by atoms with Crippen LogP contribution in [0.5, 0.6) is 5.75 Å². The lowest BCUT2D eigenvalue weighted by Gasteiger charge is -2.18. The third kappa shape index (κ3) is 3.64. The van der Waals surface area contributed by atoms with Crippen LogP contribution in [-0.2, 0) is 4.79 Å². The summed E-state index contributed by atoms with van der Waals surface area (Å²) in [7, 11) is 0. The molecule has 0 bridgehead atoms. The minimum absolute atomic E-state index is 0.0239. The second-order valence-corrected chi connectivity index (χ2v) is 4.02. The molecule has 5 heteroatoms.